The van der Waals surface area contributed by atoms with Gasteiger partial charge in [-0.2, -0.15) is 0 Å². The van der Waals surface area contributed by atoms with E-state index in [2.05, 4.69) is 31.1 Å². The summed E-state index contributed by atoms with van der Waals surface area (Å²) < 4.78 is 0. The van der Waals surface area contributed by atoms with Gasteiger partial charge in [0.1, 0.15) is 5.69 Å². The van der Waals surface area contributed by atoms with E-state index < -0.39 is 0 Å². The molecule has 1 aliphatic heterocycles. The maximum absolute atomic E-state index is 12.4. The van der Waals surface area contributed by atoms with Crippen molar-refractivity contribution in [1.82, 2.24) is 9.88 Å². The van der Waals surface area contributed by atoms with Crippen LogP contribution in [0, 0.1) is 5.92 Å². The molecular formula is C16H25N3O. The number of hydrogen-bond acceptors (Lipinski definition) is 3. The molecule has 2 heterocycles. The molecule has 0 bridgehead atoms. The molecule has 0 spiro atoms. The van der Waals surface area contributed by atoms with E-state index in [1.165, 1.54) is 6.42 Å². The minimum Gasteiger partial charge on any atom is -0.381 e. The second-order valence-corrected chi connectivity index (χ2v) is 5.88. The van der Waals surface area contributed by atoms with Crippen LogP contribution in [-0.2, 0) is 0 Å². The summed E-state index contributed by atoms with van der Waals surface area (Å²) in [6.07, 6.45) is 5.13. The Morgan fingerprint density at radius 2 is 2.35 bits per heavy atom. The lowest BCUT2D eigenvalue weighted by atomic mass is 10.00. The van der Waals surface area contributed by atoms with Crippen LogP contribution in [0.5, 0.6) is 0 Å². The molecule has 0 saturated carbocycles. The summed E-state index contributed by atoms with van der Waals surface area (Å²) in [7, 11) is 0. The van der Waals surface area contributed by atoms with E-state index >= 15 is 0 Å². The molecule has 1 amide bonds. The van der Waals surface area contributed by atoms with Gasteiger partial charge in [0, 0.05) is 19.1 Å². The zero-order chi connectivity index (χ0) is 14.5. The molecule has 1 N–H and O–H groups in total. The van der Waals surface area contributed by atoms with Gasteiger partial charge in [-0.3, -0.25) is 4.79 Å². The first-order valence-electron chi connectivity index (χ1n) is 7.62. The molecule has 1 aromatic rings. The minimum atomic E-state index is 0.0617. The number of carbonyl (C=O) groups is 1. The van der Waals surface area contributed by atoms with Crippen LogP contribution >= 0.6 is 0 Å². The molecule has 2 unspecified atom stereocenters. The summed E-state index contributed by atoms with van der Waals surface area (Å²) in [6.45, 7) is 8.19. The van der Waals surface area contributed by atoms with Crippen LogP contribution in [0.15, 0.2) is 18.3 Å². The average Bonchev–Trinajstić information content (AvgIpc) is 2.47. The largest absolute Gasteiger partial charge is 0.381 e. The Morgan fingerprint density at radius 3 is 2.95 bits per heavy atom. The monoisotopic (exact) mass is 275 g/mol. The first kappa shape index (κ1) is 14.8. The quantitative estimate of drug-likeness (QED) is 0.918. The molecule has 4 heteroatoms. The van der Waals surface area contributed by atoms with Crippen LogP contribution in [0.25, 0.3) is 0 Å². The molecule has 2 rings (SSSR count). The van der Waals surface area contributed by atoms with Crippen molar-refractivity contribution < 1.29 is 4.79 Å². The van der Waals surface area contributed by atoms with Gasteiger partial charge < -0.3 is 10.2 Å². The van der Waals surface area contributed by atoms with Gasteiger partial charge in [0.05, 0.1) is 11.9 Å². The highest BCUT2D eigenvalue weighted by atomic mass is 16.2. The van der Waals surface area contributed by atoms with E-state index in [0.29, 0.717) is 17.7 Å². The number of rotatable bonds is 4. The van der Waals surface area contributed by atoms with E-state index in [0.717, 1.165) is 31.6 Å². The van der Waals surface area contributed by atoms with Crippen LogP contribution in [0.4, 0.5) is 5.69 Å². The van der Waals surface area contributed by atoms with Crippen molar-refractivity contribution >= 4 is 11.6 Å². The van der Waals surface area contributed by atoms with Crippen molar-refractivity contribution in [2.75, 3.05) is 18.4 Å². The Labute approximate surface area is 121 Å². The predicted octanol–water partition coefficient (Wildman–Crippen LogP) is 3.16. The highest BCUT2D eigenvalue weighted by Crippen LogP contribution is 2.18. The first-order valence-corrected chi connectivity index (χ1v) is 7.62. The highest BCUT2D eigenvalue weighted by Gasteiger charge is 2.22. The summed E-state index contributed by atoms with van der Waals surface area (Å²) in [5.41, 5.74) is 1.52. The third-order valence-corrected chi connectivity index (χ3v) is 3.95. The Hall–Kier alpha value is -1.58. The van der Waals surface area contributed by atoms with E-state index in [1.54, 1.807) is 6.20 Å². The Balaban J connectivity index is 2.00. The van der Waals surface area contributed by atoms with Crippen LogP contribution < -0.4 is 5.32 Å². The fourth-order valence-corrected chi connectivity index (χ4v) is 2.53. The predicted molar refractivity (Wildman–Crippen MR) is 81.9 cm³/mol. The van der Waals surface area contributed by atoms with Gasteiger partial charge >= 0.3 is 0 Å². The van der Waals surface area contributed by atoms with Crippen molar-refractivity contribution in [2.24, 2.45) is 5.92 Å². The van der Waals surface area contributed by atoms with Gasteiger partial charge in [0.25, 0.3) is 5.91 Å². The number of aromatic nitrogens is 1. The van der Waals surface area contributed by atoms with Crippen LogP contribution in [-0.4, -0.2) is 34.9 Å². The highest BCUT2D eigenvalue weighted by molar-refractivity contribution is 5.92. The molecule has 1 aromatic heterocycles. The summed E-state index contributed by atoms with van der Waals surface area (Å²) in [5, 5.41) is 3.36. The third kappa shape index (κ3) is 3.71. The summed E-state index contributed by atoms with van der Waals surface area (Å²) in [5.74, 6) is 0.658. The standard InChI is InChI=1S/C16H25N3O/c1-4-13(3)18-14-7-8-15(17-10-14)16(20)19-9-5-6-12(2)11-19/h7-8,10,12-13,18H,4-6,9,11H2,1-3H3. The zero-order valence-corrected chi connectivity index (χ0v) is 12.7. The number of anilines is 1. The molecule has 20 heavy (non-hydrogen) atoms. The number of pyridine rings is 1. The molecule has 1 saturated heterocycles. The second-order valence-electron chi connectivity index (χ2n) is 5.88. The molecule has 110 valence electrons. The van der Waals surface area contributed by atoms with E-state index in [1.807, 2.05) is 17.0 Å². The van der Waals surface area contributed by atoms with Crippen molar-refractivity contribution in [1.29, 1.82) is 0 Å². The van der Waals surface area contributed by atoms with Gasteiger partial charge in [-0.1, -0.05) is 13.8 Å². The normalized spacial score (nSPS) is 20.6. The lowest BCUT2D eigenvalue weighted by molar-refractivity contribution is 0.0677. The van der Waals surface area contributed by atoms with Crippen LogP contribution in [0.1, 0.15) is 50.5 Å². The Bertz CT molecular complexity index is 444. The van der Waals surface area contributed by atoms with Gasteiger partial charge in [0.15, 0.2) is 0 Å². The van der Waals surface area contributed by atoms with Crippen molar-refractivity contribution in [3.8, 4) is 0 Å². The minimum absolute atomic E-state index is 0.0617. The average molecular weight is 275 g/mol. The molecular weight excluding hydrogens is 250 g/mol. The molecule has 2 atom stereocenters. The second kappa shape index (κ2) is 6.73. The maximum atomic E-state index is 12.4. The summed E-state index contributed by atoms with van der Waals surface area (Å²) in [6, 6.07) is 4.19. The topological polar surface area (TPSA) is 45.2 Å². The zero-order valence-electron chi connectivity index (χ0n) is 12.7. The fraction of sp³-hybridized carbons (Fsp3) is 0.625. The summed E-state index contributed by atoms with van der Waals surface area (Å²) in [4.78, 5) is 18.6. The maximum Gasteiger partial charge on any atom is 0.272 e. The lowest BCUT2D eigenvalue weighted by Crippen LogP contribution is -2.39. The van der Waals surface area contributed by atoms with E-state index in [4.69, 9.17) is 0 Å². The first-order chi connectivity index (χ1) is 9.60. The molecule has 4 nitrogen and oxygen atoms in total. The van der Waals surface area contributed by atoms with E-state index in [9.17, 15) is 4.79 Å². The van der Waals surface area contributed by atoms with Gasteiger partial charge in [-0.15, -0.1) is 0 Å². The summed E-state index contributed by atoms with van der Waals surface area (Å²) >= 11 is 0. The fourth-order valence-electron chi connectivity index (χ4n) is 2.53. The Morgan fingerprint density at radius 1 is 1.55 bits per heavy atom. The molecule has 1 fully saturated rings. The van der Waals surface area contributed by atoms with Gasteiger partial charge in [-0.05, 0) is 44.2 Å². The molecule has 0 aromatic carbocycles. The van der Waals surface area contributed by atoms with Gasteiger partial charge in [-0.25, -0.2) is 4.98 Å². The molecule has 0 radical (unpaired) electrons. The SMILES string of the molecule is CCC(C)Nc1ccc(C(=O)N2CCCC(C)C2)nc1. The number of nitrogens with one attached hydrogen (secondary N) is 1. The molecule has 0 aliphatic carbocycles. The lowest BCUT2D eigenvalue weighted by Gasteiger charge is -2.30. The number of hydrogen-bond donors (Lipinski definition) is 1. The number of likely N-dealkylation sites (tertiary alicyclic amines) is 1. The molecule has 1 aliphatic rings. The number of piperidine rings is 1. The van der Waals surface area contributed by atoms with Gasteiger partial charge in [0.2, 0.25) is 0 Å². The van der Waals surface area contributed by atoms with Crippen molar-refractivity contribution in [3.63, 3.8) is 0 Å². The Kier molecular flexibility index (Phi) is 4.99. The third-order valence-electron chi connectivity index (χ3n) is 3.95. The van der Waals surface area contributed by atoms with Crippen molar-refractivity contribution in [2.45, 2.75) is 46.1 Å². The van der Waals surface area contributed by atoms with E-state index in [-0.39, 0.29) is 5.91 Å². The number of carbonyl (C=O) groups excluding carboxylic acids is 1. The van der Waals surface area contributed by atoms with Crippen LogP contribution in [0.3, 0.4) is 0 Å². The van der Waals surface area contributed by atoms with Crippen LogP contribution in [0.2, 0.25) is 0 Å². The number of nitrogens with zero attached hydrogens (tertiary/aromatic N) is 2. The smallest absolute Gasteiger partial charge is 0.272 e. The number of amides is 1. The van der Waals surface area contributed by atoms with Crippen molar-refractivity contribution in [3.05, 3.63) is 24.0 Å².